The number of likely N-dealkylation sites (tertiary alicyclic amines) is 1. The van der Waals surface area contributed by atoms with Crippen molar-refractivity contribution < 1.29 is 26.3 Å². The predicted octanol–water partition coefficient (Wildman–Crippen LogP) is 5.57. The van der Waals surface area contributed by atoms with Crippen LogP contribution in [-0.2, 0) is 6.42 Å². The Morgan fingerprint density at radius 2 is 1.89 bits per heavy atom. The van der Waals surface area contributed by atoms with Gasteiger partial charge in [-0.2, -0.15) is 13.2 Å². The molecule has 2 N–H and O–H groups in total. The molecule has 0 amide bonds. The molecular formula is C24H27F6N5S. The molecule has 0 spiro atoms. The number of benzene rings is 1. The fourth-order valence-electron chi connectivity index (χ4n) is 5.37. The summed E-state index contributed by atoms with van der Waals surface area (Å²) in [5.41, 5.74) is 1.44. The number of halogens is 6. The summed E-state index contributed by atoms with van der Waals surface area (Å²) in [7, 11) is 0. The van der Waals surface area contributed by atoms with E-state index in [1.54, 1.807) is 6.92 Å². The Balaban J connectivity index is 1.49. The molecule has 0 saturated carbocycles. The van der Waals surface area contributed by atoms with Crippen molar-refractivity contribution >= 4 is 27.4 Å². The lowest BCUT2D eigenvalue weighted by atomic mass is 9.89. The molecule has 5 nitrogen and oxygen atoms in total. The number of nitrogens with one attached hydrogen (secondary N) is 2. The molecule has 0 unspecified atom stereocenters. The molecule has 2 aliphatic heterocycles. The first-order chi connectivity index (χ1) is 17.0. The third-order valence-electron chi connectivity index (χ3n) is 6.91. The fourth-order valence-corrected chi connectivity index (χ4v) is 6.31. The highest BCUT2D eigenvalue weighted by Crippen LogP contribution is 2.45. The first-order valence-electron chi connectivity index (χ1n) is 11.9. The van der Waals surface area contributed by atoms with Crippen molar-refractivity contribution in [2.75, 3.05) is 38.2 Å². The molecule has 196 valence electrons. The molecule has 1 fully saturated rings. The van der Waals surface area contributed by atoms with E-state index in [-0.39, 0.29) is 11.7 Å². The summed E-state index contributed by atoms with van der Waals surface area (Å²) in [5.74, 6) is -1.82. The minimum Gasteiger partial charge on any atom is -0.380 e. The largest absolute Gasteiger partial charge is 0.401 e. The minimum atomic E-state index is -4.55. The van der Waals surface area contributed by atoms with Crippen molar-refractivity contribution in [1.29, 1.82) is 0 Å². The van der Waals surface area contributed by atoms with Gasteiger partial charge in [-0.25, -0.2) is 13.8 Å². The molecule has 1 saturated heterocycles. The molecule has 12 heteroatoms. The average molecular weight is 532 g/mol. The number of hydrogen-bond acceptors (Lipinski definition) is 5. The van der Waals surface area contributed by atoms with Gasteiger partial charge in [0.15, 0.2) is 0 Å². The maximum Gasteiger partial charge on any atom is 0.401 e. The summed E-state index contributed by atoms with van der Waals surface area (Å²) in [6, 6.07) is 0.359. The summed E-state index contributed by atoms with van der Waals surface area (Å²) in [4.78, 5) is 10.6. The number of thiazole rings is 1. The molecule has 2 aromatic heterocycles. The molecule has 3 aromatic rings. The zero-order chi connectivity index (χ0) is 25.8. The van der Waals surface area contributed by atoms with Crippen LogP contribution in [0.3, 0.4) is 0 Å². The van der Waals surface area contributed by atoms with Gasteiger partial charge in [0.25, 0.3) is 0 Å². The molecular weight excluding hydrogens is 504 g/mol. The number of alkyl halides is 4. The number of rotatable bonds is 7. The molecule has 2 aliphatic rings. The van der Waals surface area contributed by atoms with E-state index in [4.69, 9.17) is 0 Å². The number of fused-ring (bicyclic) bond motifs is 3. The van der Waals surface area contributed by atoms with Crippen LogP contribution < -0.4 is 5.32 Å². The smallest absolute Gasteiger partial charge is 0.380 e. The van der Waals surface area contributed by atoms with Gasteiger partial charge in [0, 0.05) is 42.6 Å². The Kier molecular flexibility index (Phi) is 6.71. The van der Waals surface area contributed by atoms with Gasteiger partial charge in [-0.3, -0.25) is 14.2 Å². The van der Waals surface area contributed by atoms with E-state index >= 15 is 8.78 Å². The van der Waals surface area contributed by atoms with Gasteiger partial charge < -0.3 is 10.3 Å². The molecule has 36 heavy (non-hydrogen) atoms. The van der Waals surface area contributed by atoms with Crippen LogP contribution in [0.5, 0.6) is 0 Å². The second kappa shape index (κ2) is 9.53. The van der Waals surface area contributed by atoms with E-state index in [1.807, 2.05) is 11.8 Å². The van der Waals surface area contributed by atoms with Crippen LogP contribution in [0.25, 0.3) is 10.3 Å². The van der Waals surface area contributed by atoms with Crippen LogP contribution >= 0.6 is 11.3 Å². The summed E-state index contributed by atoms with van der Waals surface area (Å²) < 4.78 is 84.8. The second-order valence-electron chi connectivity index (χ2n) is 9.67. The lowest BCUT2D eigenvalue weighted by molar-refractivity contribution is -0.155. The Bertz CT molecular complexity index is 1220. The Morgan fingerprint density at radius 3 is 2.53 bits per heavy atom. The van der Waals surface area contributed by atoms with Gasteiger partial charge in [0.1, 0.15) is 17.3 Å². The molecule has 4 heterocycles. The van der Waals surface area contributed by atoms with Gasteiger partial charge in [-0.05, 0) is 44.4 Å². The monoisotopic (exact) mass is 531 g/mol. The zero-order valence-corrected chi connectivity index (χ0v) is 20.7. The Morgan fingerprint density at radius 1 is 1.19 bits per heavy atom. The molecule has 0 bridgehead atoms. The summed E-state index contributed by atoms with van der Waals surface area (Å²) in [5, 5.41) is 3.87. The Hall–Kier alpha value is -2.31. The predicted molar refractivity (Wildman–Crippen MR) is 127 cm³/mol. The van der Waals surface area contributed by atoms with Gasteiger partial charge in [0.05, 0.1) is 35.0 Å². The average Bonchev–Trinajstić information content (AvgIpc) is 3.26. The van der Waals surface area contributed by atoms with E-state index in [1.165, 1.54) is 11.3 Å². The third-order valence-corrected chi connectivity index (χ3v) is 7.94. The van der Waals surface area contributed by atoms with Crippen molar-refractivity contribution in [3.05, 3.63) is 45.6 Å². The highest BCUT2D eigenvalue weighted by atomic mass is 32.1. The van der Waals surface area contributed by atoms with Crippen LogP contribution in [0.2, 0.25) is 0 Å². The Labute approximate surface area is 208 Å². The maximum atomic E-state index is 15.5. The van der Waals surface area contributed by atoms with Crippen LogP contribution in [0.15, 0.2) is 12.1 Å². The normalized spacial score (nSPS) is 21.7. The van der Waals surface area contributed by atoms with Gasteiger partial charge in [-0.1, -0.05) is 0 Å². The molecule has 0 aliphatic carbocycles. The summed E-state index contributed by atoms with van der Waals surface area (Å²) in [6.45, 7) is 3.65. The van der Waals surface area contributed by atoms with E-state index in [2.05, 4.69) is 15.3 Å². The first-order valence-corrected chi connectivity index (χ1v) is 12.7. The summed E-state index contributed by atoms with van der Waals surface area (Å²) >= 11 is 1.41. The SMILES string of the molecule is Cc1nc2[nH]c3c(c2s1)C[C@H](C)N(CC(F)(F)F)[C@H]3c1c(F)cc(NC2CN(CCCF)C2)cc1F. The van der Waals surface area contributed by atoms with E-state index in [9.17, 15) is 17.6 Å². The number of nitrogens with zero attached hydrogens (tertiary/aromatic N) is 3. The van der Waals surface area contributed by atoms with Crippen molar-refractivity contribution in [1.82, 2.24) is 19.8 Å². The minimum absolute atomic E-state index is 0.0400. The zero-order valence-electron chi connectivity index (χ0n) is 19.9. The number of aromatic amines is 1. The summed E-state index contributed by atoms with van der Waals surface area (Å²) in [6.07, 6.45) is -3.80. The topological polar surface area (TPSA) is 47.2 Å². The van der Waals surface area contributed by atoms with Gasteiger partial charge in [-0.15, -0.1) is 11.3 Å². The second-order valence-corrected chi connectivity index (χ2v) is 10.9. The quantitative estimate of drug-likeness (QED) is 0.392. The number of hydrogen-bond donors (Lipinski definition) is 2. The van der Waals surface area contributed by atoms with Crippen molar-refractivity contribution in [2.45, 2.75) is 51.0 Å². The molecule has 0 radical (unpaired) electrons. The number of aromatic nitrogens is 2. The van der Waals surface area contributed by atoms with E-state index in [0.29, 0.717) is 43.8 Å². The van der Waals surface area contributed by atoms with Crippen molar-refractivity contribution in [3.8, 4) is 0 Å². The molecule has 5 rings (SSSR count). The number of aryl methyl sites for hydroxylation is 1. The van der Waals surface area contributed by atoms with Gasteiger partial charge >= 0.3 is 6.18 Å². The molecule has 2 atom stereocenters. The lowest BCUT2D eigenvalue weighted by Gasteiger charge is -2.41. The van der Waals surface area contributed by atoms with Crippen LogP contribution in [-0.4, -0.2) is 70.9 Å². The number of H-pyrrole nitrogens is 1. The van der Waals surface area contributed by atoms with Crippen molar-refractivity contribution in [2.24, 2.45) is 0 Å². The standard InChI is InChI=1S/C24H27F6N5S/c1-12-6-16-20(33-23-22(16)36-13(2)31-23)21(35(12)11-24(28,29)30)19-17(26)7-14(8-18(19)27)32-15-9-34(10-15)5-3-4-25/h7-8,12,15,21,32-33H,3-6,9-11H2,1-2H3/t12-,21-/m0/s1. The van der Waals surface area contributed by atoms with Crippen LogP contribution in [0, 0.1) is 18.6 Å². The maximum absolute atomic E-state index is 15.5. The third kappa shape index (κ3) is 4.82. The number of anilines is 1. The highest BCUT2D eigenvalue weighted by molar-refractivity contribution is 7.18. The van der Waals surface area contributed by atoms with Crippen molar-refractivity contribution in [3.63, 3.8) is 0 Å². The first kappa shape index (κ1) is 25.3. The van der Waals surface area contributed by atoms with Crippen LogP contribution in [0.4, 0.5) is 32.0 Å². The lowest BCUT2D eigenvalue weighted by Crippen LogP contribution is -2.54. The van der Waals surface area contributed by atoms with E-state index in [0.717, 1.165) is 32.3 Å². The molecule has 1 aromatic carbocycles. The fraction of sp³-hybridized carbons (Fsp3) is 0.542. The van der Waals surface area contributed by atoms with Gasteiger partial charge in [0.2, 0.25) is 0 Å². The van der Waals surface area contributed by atoms with Crippen LogP contribution in [0.1, 0.15) is 41.2 Å². The highest BCUT2D eigenvalue weighted by Gasteiger charge is 2.44. The van der Waals surface area contributed by atoms with E-state index < -0.39 is 48.7 Å².